The molecule has 1 aromatic heterocycles. The first-order valence-corrected chi connectivity index (χ1v) is 10.8. The lowest BCUT2D eigenvalue weighted by Crippen LogP contribution is -2.46. The summed E-state index contributed by atoms with van der Waals surface area (Å²) in [5, 5.41) is 2.81. The van der Waals surface area contributed by atoms with Gasteiger partial charge >= 0.3 is 0 Å². The normalized spacial score (nSPS) is 16.1. The molecule has 0 bridgehead atoms. The van der Waals surface area contributed by atoms with Gasteiger partial charge in [0.1, 0.15) is 11.5 Å². The molecular weight excluding hydrogens is 409 g/mol. The number of amides is 1. The topological polar surface area (TPSA) is 99.3 Å². The highest BCUT2D eigenvalue weighted by molar-refractivity contribution is 7.88. The Bertz CT molecular complexity index is 993. The third kappa shape index (κ3) is 4.43. The molecule has 1 fully saturated rings. The Morgan fingerprint density at radius 2 is 1.96 bits per heavy atom. The van der Waals surface area contributed by atoms with E-state index in [-0.39, 0.29) is 27.9 Å². The lowest BCUT2D eigenvalue weighted by atomic mass is 10.0. The maximum absolute atomic E-state index is 13.9. The van der Waals surface area contributed by atoms with E-state index < -0.39 is 27.5 Å². The predicted molar refractivity (Wildman–Crippen MR) is 103 cm³/mol. The summed E-state index contributed by atoms with van der Waals surface area (Å²) in [5.41, 5.74) is 0.0219. The molecule has 28 heavy (non-hydrogen) atoms. The number of nitrogens with one attached hydrogen (secondary N) is 2. The fraction of sp³-hybridized carbons (Fsp3) is 0.333. The van der Waals surface area contributed by atoms with Gasteiger partial charge in [-0.15, -0.1) is 0 Å². The molecule has 0 atom stereocenters. The highest BCUT2D eigenvalue weighted by atomic mass is 35.5. The smallest absolute Gasteiger partial charge is 0.267 e. The summed E-state index contributed by atoms with van der Waals surface area (Å²) in [6.45, 7) is 0.675. The number of hydrogen-bond donors (Lipinski definition) is 2. The molecule has 1 saturated heterocycles. The summed E-state index contributed by atoms with van der Waals surface area (Å²) < 4.78 is 38.4. The zero-order valence-corrected chi connectivity index (χ0v) is 16.6. The molecule has 1 aliphatic heterocycles. The first-order chi connectivity index (χ1) is 13.2. The van der Waals surface area contributed by atoms with Crippen LogP contribution in [-0.2, 0) is 10.0 Å². The highest BCUT2D eigenvalue weighted by Gasteiger charge is 2.26. The van der Waals surface area contributed by atoms with E-state index >= 15 is 0 Å². The summed E-state index contributed by atoms with van der Waals surface area (Å²) in [7, 11) is -3.23. The molecule has 1 aliphatic rings. The quantitative estimate of drug-likeness (QED) is 0.714. The van der Waals surface area contributed by atoms with E-state index in [4.69, 9.17) is 11.6 Å². The Kier molecular flexibility index (Phi) is 5.87. The van der Waals surface area contributed by atoms with Gasteiger partial charge in [0.2, 0.25) is 10.0 Å². The summed E-state index contributed by atoms with van der Waals surface area (Å²) in [6, 6.07) is 5.13. The van der Waals surface area contributed by atoms with Crippen molar-refractivity contribution in [1.29, 1.82) is 0 Å². The van der Waals surface area contributed by atoms with Crippen molar-refractivity contribution in [3.8, 4) is 0 Å². The van der Waals surface area contributed by atoms with Crippen LogP contribution in [0.1, 0.15) is 39.3 Å². The Balaban J connectivity index is 1.66. The second kappa shape index (κ2) is 8.02. The minimum atomic E-state index is -3.23. The lowest BCUT2D eigenvalue weighted by Gasteiger charge is -2.30. The van der Waals surface area contributed by atoms with Gasteiger partial charge in [0.05, 0.1) is 16.8 Å². The summed E-state index contributed by atoms with van der Waals surface area (Å²) >= 11 is 5.92. The molecule has 0 unspecified atom stereocenters. The van der Waals surface area contributed by atoms with E-state index in [9.17, 15) is 22.4 Å². The van der Waals surface area contributed by atoms with E-state index in [1.54, 1.807) is 0 Å². The number of carbonyl (C=O) groups is 2. The molecule has 0 saturated carbocycles. The standard InChI is InChI=1S/C18H19ClFN3O4S/c1-28(26,27)23-7-5-12(6-8-23)22-18(25)15-9-11(10-21-15)17(24)16-13(19)3-2-4-14(16)20/h2-4,9-10,12,21H,5-8H2,1H3,(H,22,25). The van der Waals surface area contributed by atoms with Crippen LogP contribution in [0.3, 0.4) is 0 Å². The Hall–Kier alpha value is -2.23. The minimum Gasteiger partial charge on any atom is -0.356 e. The molecule has 2 N–H and O–H groups in total. The van der Waals surface area contributed by atoms with Gasteiger partial charge in [0, 0.05) is 30.9 Å². The first-order valence-electron chi connectivity index (χ1n) is 8.60. The molecule has 3 rings (SSSR count). The van der Waals surface area contributed by atoms with Gasteiger partial charge in [-0.1, -0.05) is 17.7 Å². The van der Waals surface area contributed by atoms with Gasteiger partial charge < -0.3 is 10.3 Å². The molecule has 7 nitrogen and oxygen atoms in total. The average molecular weight is 428 g/mol. The van der Waals surface area contributed by atoms with Gasteiger partial charge in [0.25, 0.3) is 5.91 Å². The van der Waals surface area contributed by atoms with Gasteiger partial charge in [0.15, 0.2) is 5.78 Å². The monoisotopic (exact) mass is 427 g/mol. The van der Waals surface area contributed by atoms with Crippen molar-refractivity contribution in [2.45, 2.75) is 18.9 Å². The second-order valence-electron chi connectivity index (χ2n) is 6.64. The molecule has 0 spiro atoms. The van der Waals surface area contributed by atoms with Crippen LogP contribution >= 0.6 is 11.6 Å². The number of ketones is 1. The minimum absolute atomic E-state index is 0.00478. The van der Waals surface area contributed by atoms with Crippen molar-refractivity contribution in [3.05, 3.63) is 58.1 Å². The van der Waals surface area contributed by atoms with Crippen LogP contribution in [0.2, 0.25) is 5.02 Å². The number of aromatic nitrogens is 1. The van der Waals surface area contributed by atoms with E-state index in [1.165, 1.54) is 28.7 Å². The van der Waals surface area contributed by atoms with Crippen LogP contribution < -0.4 is 5.32 Å². The van der Waals surface area contributed by atoms with E-state index in [0.717, 1.165) is 12.3 Å². The van der Waals surface area contributed by atoms with Crippen LogP contribution in [-0.4, -0.2) is 54.8 Å². The molecule has 0 aliphatic carbocycles. The van der Waals surface area contributed by atoms with Crippen molar-refractivity contribution in [2.24, 2.45) is 0 Å². The highest BCUT2D eigenvalue weighted by Crippen LogP contribution is 2.23. The van der Waals surface area contributed by atoms with Gasteiger partial charge in [-0.05, 0) is 31.0 Å². The SMILES string of the molecule is CS(=O)(=O)N1CCC(NC(=O)c2cc(C(=O)c3c(F)cccc3Cl)c[nH]2)CC1. The Morgan fingerprint density at radius 1 is 1.29 bits per heavy atom. The molecule has 2 heterocycles. The third-order valence-corrected chi connectivity index (χ3v) is 6.26. The zero-order chi connectivity index (χ0) is 20.5. The molecule has 0 radical (unpaired) electrons. The number of hydrogen-bond acceptors (Lipinski definition) is 4. The number of benzene rings is 1. The number of carbonyl (C=O) groups excluding carboxylic acids is 2. The van der Waals surface area contributed by atoms with Gasteiger partial charge in [-0.2, -0.15) is 0 Å². The summed E-state index contributed by atoms with van der Waals surface area (Å²) in [4.78, 5) is 27.6. The third-order valence-electron chi connectivity index (χ3n) is 4.64. The van der Waals surface area contributed by atoms with Crippen LogP contribution in [0.4, 0.5) is 4.39 Å². The number of halogens is 2. The Labute approximate surface area is 166 Å². The zero-order valence-electron chi connectivity index (χ0n) is 15.0. The number of nitrogens with zero attached hydrogens (tertiary/aromatic N) is 1. The molecule has 1 aromatic carbocycles. The largest absolute Gasteiger partial charge is 0.356 e. The van der Waals surface area contributed by atoms with Crippen LogP contribution in [0, 0.1) is 5.82 Å². The summed E-state index contributed by atoms with van der Waals surface area (Å²) in [6.07, 6.45) is 3.48. The molecular formula is C18H19ClFN3O4S. The lowest BCUT2D eigenvalue weighted by molar-refractivity contribution is 0.0919. The fourth-order valence-corrected chi connectivity index (χ4v) is 4.23. The van der Waals surface area contributed by atoms with Crippen molar-refractivity contribution in [3.63, 3.8) is 0 Å². The maximum Gasteiger partial charge on any atom is 0.267 e. The van der Waals surface area contributed by atoms with Crippen LogP contribution in [0.5, 0.6) is 0 Å². The number of sulfonamides is 1. The van der Waals surface area contributed by atoms with E-state index in [1.807, 2.05) is 0 Å². The van der Waals surface area contributed by atoms with Gasteiger partial charge in [-0.3, -0.25) is 9.59 Å². The number of H-pyrrole nitrogens is 1. The number of piperidine rings is 1. The van der Waals surface area contributed by atoms with Crippen molar-refractivity contribution < 1.29 is 22.4 Å². The van der Waals surface area contributed by atoms with Crippen molar-refractivity contribution >= 4 is 33.3 Å². The molecule has 2 aromatic rings. The fourth-order valence-electron chi connectivity index (χ4n) is 3.11. The number of rotatable bonds is 5. The summed E-state index contributed by atoms with van der Waals surface area (Å²) in [5.74, 6) is -1.78. The van der Waals surface area contributed by atoms with Crippen molar-refractivity contribution in [2.75, 3.05) is 19.3 Å². The van der Waals surface area contributed by atoms with E-state index in [0.29, 0.717) is 25.9 Å². The first kappa shape index (κ1) is 20.5. The predicted octanol–water partition coefficient (Wildman–Crippen LogP) is 2.19. The average Bonchev–Trinajstić information content (AvgIpc) is 3.11. The molecule has 10 heteroatoms. The van der Waals surface area contributed by atoms with Crippen molar-refractivity contribution in [1.82, 2.24) is 14.6 Å². The van der Waals surface area contributed by atoms with Crippen LogP contribution in [0.15, 0.2) is 30.5 Å². The van der Waals surface area contributed by atoms with Crippen LogP contribution in [0.25, 0.3) is 0 Å². The van der Waals surface area contributed by atoms with E-state index in [2.05, 4.69) is 10.3 Å². The van der Waals surface area contributed by atoms with Gasteiger partial charge in [-0.25, -0.2) is 17.1 Å². The molecule has 1 amide bonds. The second-order valence-corrected chi connectivity index (χ2v) is 9.03. The maximum atomic E-state index is 13.9. The Morgan fingerprint density at radius 3 is 2.57 bits per heavy atom. The number of aromatic amines is 1. The molecule has 150 valence electrons.